The van der Waals surface area contributed by atoms with Crippen molar-refractivity contribution in [2.24, 2.45) is 5.92 Å². The largest absolute Gasteiger partial charge is 0.345 e. The lowest BCUT2D eigenvalue weighted by Crippen LogP contribution is -2.29. The van der Waals surface area contributed by atoms with Gasteiger partial charge in [0.15, 0.2) is 0 Å². The molecule has 0 aromatic heterocycles. The summed E-state index contributed by atoms with van der Waals surface area (Å²) in [6, 6.07) is 6.93. The van der Waals surface area contributed by atoms with E-state index in [9.17, 15) is 9.59 Å². The molecular formula is C15H21N3O2. The second-order valence-corrected chi connectivity index (χ2v) is 5.40. The molecule has 5 nitrogen and oxygen atoms in total. The fourth-order valence-corrected chi connectivity index (χ4v) is 1.87. The molecule has 5 heteroatoms. The highest BCUT2D eigenvalue weighted by Crippen LogP contribution is 2.27. The molecule has 1 aliphatic rings. The molecule has 1 aromatic rings. The van der Waals surface area contributed by atoms with Crippen LogP contribution in [0.2, 0.25) is 0 Å². The second-order valence-electron chi connectivity index (χ2n) is 5.40. The predicted octanol–water partition coefficient (Wildman–Crippen LogP) is 1.33. The number of hydrogen-bond donors (Lipinski definition) is 2. The van der Waals surface area contributed by atoms with Gasteiger partial charge in [-0.1, -0.05) is 0 Å². The maximum atomic E-state index is 11.7. The van der Waals surface area contributed by atoms with Gasteiger partial charge in [-0.2, -0.15) is 0 Å². The van der Waals surface area contributed by atoms with Gasteiger partial charge in [-0.05, 0) is 49.6 Å². The number of amides is 2. The third-order valence-corrected chi connectivity index (χ3v) is 3.24. The highest BCUT2D eigenvalue weighted by molar-refractivity contribution is 5.95. The molecule has 0 spiro atoms. The Morgan fingerprint density at radius 1 is 1.20 bits per heavy atom. The number of benzene rings is 1. The molecule has 0 saturated heterocycles. The Morgan fingerprint density at radius 2 is 1.85 bits per heavy atom. The molecular weight excluding hydrogens is 254 g/mol. The van der Waals surface area contributed by atoms with E-state index in [-0.39, 0.29) is 11.8 Å². The van der Waals surface area contributed by atoms with Crippen molar-refractivity contribution < 1.29 is 9.59 Å². The first kappa shape index (κ1) is 14.5. The van der Waals surface area contributed by atoms with Gasteiger partial charge in [-0.3, -0.25) is 9.59 Å². The number of carbonyl (C=O) groups is 2. The third-order valence-electron chi connectivity index (χ3n) is 3.24. The van der Waals surface area contributed by atoms with Crippen LogP contribution in [0.1, 0.15) is 23.2 Å². The summed E-state index contributed by atoms with van der Waals surface area (Å²) in [4.78, 5) is 24.9. The van der Waals surface area contributed by atoms with Crippen LogP contribution in [0, 0.1) is 5.92 Å². The Kier molecular flexibility index (Phi) is 4.74. The highest BCUT2D eigenvalue weighted by Gasteiger charge is 2.20. The molecule has 1 fully saturated rings. The standard InChI is InChI=1S/C15H21N3O2/c1-18(2)15(20)12-5-7-13(8-6-12)17-14(19)10-16-9-11-3-4-11/h5-8,11,16H,3-4,9-10H2,1-2H3,(H,17,19). The van der Waals surface area contributed by atoms with E-state index in [2.05, 4.69) is 10.6 Å². The number of rotatable bonds is 6. The zero-order valence-electron chi connectivity index (χ0n) is 12.0. The number of nitrogens with zero attached hydrogens (tertiary/aromatic N) is 1. The summed E-state index contributed by atoms with van der Waals surface area (Å²) in [6.07, 6.45) is 2.55. The second kappa shape index (κ2) is 6.52. The van der Waals surface area contributed by atoms with Gasteiger partial charge in [0.1, 0.15) is 0 Å². The van der Waals surface area contributed by atoms with Crippen molar-refractivity contribution in [3.63, 3.8) is 0 Å². The first-order valence-electron chi connectivity index (χ1n) is 6.88. The highest BCUT2D eigenvalue weighted by atomic mass is 16.2. The molecule has 2 N–H and O–H groups in total. The topological polar surface area (TPSA) is 61.4 Å². The molecule has 108 valence electrons. The van der Waals surface area contributed by atoms with Crippen molar-refractivity contribution in [2.45, 2.75) is 12.8 Å². The van der Waals surface area contributed by atoms with E-state index in [1.54, 1.807) is 38.4 Å². The van der Waals surface area contributed by atoms with Crippen molar-refractivity contribution in [1.29, 1.82) is 0 Å². The molecule has 2 rings (SSSR count). The zero-order valence-corrected chi connectivity index (χ0v) is 12.0. The Balaban J connectivity index is 1.80. The minimum absolute atomic E-state index is 0.0472. The summed E-state index contributed by atoms with van der Waals surface area (Å²) in [7, 11) is 3.42. The summed E-state index contributed by atoms with van der Waals surface area (Å²) in [6.45, 7) is 1.25. The van der Waals surface area contributed by atoms with Gasteiger partial charge < -0.3 is 15.5 Å². The van der Waals surface area contributed by atoms with Gasteiger partial charge in [0, 0.05) is 25.3 Å². The first-order valence-corrected chi connectivity index (χ1v) is 6.88. The van der Waals surface area contributed by atoms with Crippen molar-refractivity contribution in [1.82, 2.24) is 10.2 Å². The molecule has 0 unspecified atom stereocenters. The number of nitrogens with one attached hydrogen (secondary N) is 2. The fourth-order valence-electron chi connectivity index (χ4n) is 1.87. The maximum absolute atomic E-state index is 11.7. The van der Waals surface area contributed by atoms with Crippen LogP contribution in [0.15, 0.2) is 24.3 Å². The Morgan fingerprint density at radius 3 is 2.40 bits per heavy atom. The van der Waals surface area contributed by atoms with Gasteiger partial charge in [0.25, 0.3) is 5.91 Å². The smallest absolute Gasteiger partial charge is 0.253 e. The number of anilines is 1. The third kappa shape index (κ3) is 4.35. The summed E-state index contributed by atoms with van der Waals surface area (Å²) in [5.74, 6) is 0.658. The lowest BCUT2D eigenvalue weighted by molar-refractivity contribution is -0.115. The van der Waals surface area contributed by atoms with Crippen LogP contribution < -0.4 is 10.6 Å². The van der Waals surface area contributed by atoms with Gasteiger partial charge in [-0.25, -0.2) is 0 Å². The molecule has 0 heterocycles. The van der Waals surface area contributed by atoms with Gasteiger partial charge in [-0.15, -0.1) is 0 Å². The van der Waals surface area contributed by atoms with Crippen molar-refractivity contribution in [3.8, 4) is 0 Å². The SMILES string of the molecule is CN(C)C(=O)c1ccc(NC(=O)CNCC2CC2)cc1. The van der Waals surface area contributed by atoms with E-state index in [1.165, 1.54) is 17.7 Å². The quantitative estimate of drug-likeness (QED) is 0.823. The van der Waals surface area contributed by atoms with E-state index in [0.29, 0.717) is 17.8 Å². The number of carbonyl (C=O) groups excluding carboxylic acids is 2. The van der Waals surface area contributed by atoms with Gasteiger partial charge >= 0.3 is 0 Å². The van der Waals surface area contributed by atoms with Crippen molar-refractivity contribution >= 4 is 17.5 Å². The molecule has 20 heavy (non-hydrogen) atoms. The van der Waals surface area contributed by atoms with Crippen LogP contribution in [0.25, 0.3) is 0 Å². The minimum atomic E-state index is -0.0580. The number of hydrogen-bond acceptors (Lipinski definition) is 3. The summed E-state index contributed by atoms with van der Waals surface area (Å²) >= 11 is 0. The lowest BCUT2D eigenvalue weighted by atomic mass is 10.2. The van der Waals surface area contributed by atoms with Crippen LogP contribution >= 0.6 is 0 Å². The zero-order chi connectivity index (χ0) is 14.5. The van der Waals surface area contributed by atoms with Gasteiger partial charge in [0.2, 0.25) is 5.91 Å². The van der Waals surface area contributed by atoms with E-state index in [0.717, 1.165) is 12.5 Å². The van der Waals surface area contributed by atoms with Crippen LogP contribution in [0.3, 0.4) is 0 Å². The van der Waals surface area contributed by atoms with E-state index in [4.69, 9.17) is 0 Å². The summed E-state index contributed by atoms with van der Waals surface area (Å²) in [5, 5.41) is 5.94. The van der Waals surface area contributed by atoms with Crippen molar-refractivity contribution in [2.75, 3.05) is 32.5 Å². The lowest BCUT2D eigenvalue weighted by Gasteiger charge is -2.11. The van der Waals surface area contributed by atoms with Crippen molar-refractivity contribution in [3.05, 3.63) is 29.8 Å². The summed E-state index contributed by atoms with van der Waals surface area (Å²) in [5.41, 5.74) is 1.32. The van der Waals surface area contributed by atoms with Crippen LogP contribution in [-0.4, -0.2) is 43.9 Å². The molecule has 1 saturated carbocycles. The van der Waals surface area contributed by atoms with Gasteiger partial charge in [0.05, 0.1) is 6.54 Å². The summed E-state index contributed by atoms with van der Waals surface area (Å²) < 4.78 is 0. The minimum Gasteiger partial charge on any atom is -0.345 e. The molecule has 1 aromatic carbocycles. The molecule has 1 aliphatic carbocycles. The fraction of sp³-hybridized carbons (Fsp3) is 0.467. The first-order chi connectivity index (χ1) is 9.56. The molecule has 2 amide bonds. The monoisotopic (exact) mass is 275 g/mol. The molecule has 0 aliphatic heterocycles. The average Bonchev–Trinajstić information content (AvgIpc) is 3.23. The van der Waals surface area contributed by atoms with E-state index >= 15 is 0 Å². The average molecular weight is 275 g/mol. The Hall–Kier alpha value is -1.88. The molecule has 0 atom stereocenters. The predicted molar refractivity (Wildman–Crippen MR) is 78.7 cm³/mol. The normalized spacial score (nSPS) is 13.9. The van der Waals surface area contributed by atoms with Crippen LogP contribution in [-0.2, 0) is 4.79 Å². The maximum Gasteiger partial charge on any atom is 0.253 e. The van der Waals surface area contributed by atoms with Crippen LogP contribution in [0.5, 0.6) is 0 Å². The van der Waals surface area contributed by atoms with Crippen LogP contribution in [0.4, 0.5) is 5.69 Å². The molecule has 0 bridgehead atoms. The molecule has 0 radical (unpaired) electrons. The van der Waals surface area contributed by atoms with E-state index in [1.807, 2.05) is 0 Å². The Bertz CT molecular complexity index is 478. The Labute approximate surface area is 119 Å². The van der Waals surface area contributed by atoms with E-state index < -0.39 is 0 Å².